The van der Waals surface area contributed by atoms with Gasteiger partial charge in [-0.3, -0.25) is 14.9 Å². The molecule has 0 atom stereocenters. The van der Waals surface area contributed by atoms with E-state index in [4.69, 9.17) is 0 Å². The highest BCUT2D eigenvalue weighted by atomic mass is 32.2. The van der Waals surface area contributed by atoms with Crippen molar-refractivity contribution in [3.05, 3.63) is 59.0 Å². The lowest BCUT2D eigenvalue weighted by Crippen LogP contribution is -2.28. The Morgan fingerprint density at radius 3 is 2.73 bits per heavy atom. The highest BCUT2D eigenvalue weighted by molar-refractivity contribution is 7.89. The molecule has 3 aromatic rings. The van der Waals surface area contributed by atoms with Gasteiger partial charge in [-0.15, -0.1) is 11.3 Å². The summed E-state index contributed by atoms with van der Waals surface area (Å²) in [6.07, 6.45) is 2.84. The number of amides is 2. The predicted molar refractivity (Wildman–Crippen MR) is 127 cm³/mol. The van der Waals surface area contributed by atoms with Gasteiger partial charge >= 0.3 is 0 Å². The summed E-state index contributed by atoms with van der Waals surface area (Å²) in [5, 5.41) is 7.91. The van der Waals surface area contributed by atoms with Crippen LogP contribution in [0.4, 0.5) is 10.8 Å². The van der Waals surface area contributed by atoms with Gasteiger partial charge in [-0.2, -0.15) is 4.31 Å². The number of nitrogens with zero attached hydrogens (tertiary/aromatic N) is 2. The average Bonchev–Trinajstić information content (AvgIpc) is 3.52. The van der Waals surface area contributed by atoms with E-state index >= 15 is 0 Å². The number of benzene rings is 2. The van der Waals surface area contributed by atoms with Gasteiger partial charge in [0.15, 0.2) is 5.13 Å². The van der Waals surface area contributed by atoms with Crippen molar-refractivity contribution in [3.8, 4) is 11.3 Å². The number of aromatic nitrogens is 1. The maximum absolute atomic E-state index is 12.8. The molecule has 0 bridgehead atoms. The molecule has 170 valence electrons. The first kappa shape index (κ1) is 21.7. The van der Waals surface area contributed by atoms with E-state index in [1.807, 2.05) is 23.6 Å². The number of carbonyl (C=O) groups excluding carboxylic acids is 2. The zero-order chi connectivity index (χ0) is 23.0. The number of anilines is 2. The molecule has 0 radical (unpaired) electrons. The number of hydrogen-bond donors (Lipinski definition) is 2. The molecular formula is C23H22N4O4S2. The molecule has 33 heavy (non-hydrogen) atoms. The Hall–Kier alpha value is -3.08. The van der Waals surface area contributed by atoms with Crippen molar-refractivity contribution in [1.82, 2.24) is 9.29 Å². The van der Waals surface area contributed by atoms with E-state index in [0.717, 1.165) is 35.3 Å². The summed E-state index contributed by atoms with van der Waals surface area (Å²) in [7, 11) is -3.60. The quantitative estimate of drug-likeness (QED) is 0.576. The molecule has 0 spiro atoms. The maximum Gasteiger partial charge on any atom is 0.257 e. The van der Waals surface area contributed by atoms with Crippen LogP contribution < -0.4 is 10.6 Å². The zero-order valence-corrected chi connectivity index (χ0v) is 19.3. The van der Waals surface area contributed by atoms with Crippen molar-refractivity contribution in [2.24, 2.45) is 0 Å². The van der Waals surface area contributed by atoms with E-state index in [9.17, 15) is 18.0 Å². The number of nitrogens with one attached hydrogen (secondary N) is 2. The molecule has 0 unspecified atom stereocenters. The zero-order valence-electron chi connectivity index (χ0n) is 17.7. The summed E-state index contributed by atoms with van der Waals surface area (Å²) in [4.78, 5) is 29.0. The molecule has 2 aliphatic rings. The van der Waals surface area contributed by atoms with Gasteiger partial charge in [-0.05, 0) is 55.2 Å². The van der Waals surface area contributed by atoms with Gasteiger partial charge in [0, 0.05) is 41.7 Å². The highest BCUT2D eigenvalue weighted by Gasteiger charge is 2.27. The number of thiazole rings is 1. The second-order valence-electron chi connectivity index (χ2n) is 8.05. The standard InChI is InChI=1S/C23H22N4O4S2/c28-21-9-7-15-12-16(6-8-19(15)24-21)20-14-32-23(25-20)26-22(29)17-4-3-5-18(13-17)33(30,31)27-10-1-2-11-27/h3-6,8,12-14H,1-2,7,9-11H2,(H,24,28)(H,25,26,29). The number of carbonyl (C=O) groups is 2. The second kappa shape index (κ2) is 8.69. The van der Waals surface area contributed by atoms with Gasteiger partial charge in [0.1, 0.15) is 0 Å². The molecule has 2 aliphatic heterocycles. The summed E-state index contributed by atoms with van der Waals surface area (Å²) >= 11 is 1.30. The lowest BCUT2D eigenvalue weighted by molar-refractivity contribution is -0.116. The van der Waals surface area contributed by atoms with Gasteiger partial charge in [0.25, 0.3) is 5.91 Å². The summed E-state index contributed by atoms with van der Waals surface area (Å²) < 4.78 is 27.1. The monoisotopic (exact) mass is 482 g/mol. The fraction of sp³-hybridized carbons (Fsp3) is 0.261. The maximum atomic E-state index is 12.8. The lowest BCUT2D eigenvalue weighted by atomic mass is 9.99. The largest absolute Gasteiger partial charge is 0.326 e. The van der Waals surface area contributed by atoms with Crippen LogP contribution in [0.1, 0.15) is 35.2 Å². The summed E-state index contributed by atoms with van der Waals surface area (Å²) in [6, 6.07) is 11.9. The lowest BCUT2D eigenvalue weighted by Gasteiger charge is -2.17. The Kier molecular flexibility index (Phi) is 5.73. The van der Waals surface area contributed by atoms with E-state index in [0.29, 0.717) is 31.1 Å². The van der Waals surface area contributed by atoms with Crippen molar-refractivity contribution in [2.45, 2.75) is 30.6 Å². The van der Waals surface area contributed by atoms with Crippen molar-refractivity contribution in [2.75, 3.05) is 23.7 Å². The van der Waals surface area contributed by atoms with Crippen molar-refractivity contribution in [3.63, 3.8) is 0 Å². The van der Waals surface area contributed by atoms with Gasteiger partial charge in [-0.25, -0.2) is 13.4 Å². The number of sulfonamides is 1. The molecule has 1 fully saturated rings. The van der Waals surface area contributed by atoms with Gasteiger partial charge in [0.2, 0.25) is 15.9 Å². The Labute approximate surface area is 195 Å². The van der Waals surface area contributed by atoms with E-state index in [1.165, 1.54) is 27.8 Å². The average molecular weight is 483 g/mol. The minimum absolute atomic E-state index is 0.0196. The molecule has 1 saturated heterocycles. The molecule has 0 saturated carbocycles. The normalized spacial score (nSPS) is 16.3. The summed E-state index contributed by atoms with van der Waals surface area (Å²) in [5.41, 5.74) is 3.77. The fourth-order valence-corrected chi connectivity index (χ4v) is 6.33. The van der Waals surface area contributed by atoms with Crippen LogP contribution in [0.5, 0.6) is 0 Å². The van der Waals surface area contributed by atoms with Gasteiger partial charge < -0.3 is 5.32 Å². The SMILES string of the molecule is O=C1CCc2cc(-c3csc(NC(=O)c4cccc(S(=O)(=O)N5CCCC5)c4)n3)ccc2N1. The molecule has 10 heteroatoms. The third kappa shape index (κ3) is 4.41. The Morgan fingerprint density at radius 1 is 1.09 bits per heavy atom. The number of fused-ring (bicyclic) bond motifs is 1. The molecule has 3 heterocycles. The predicted octanol–water partition coefficient (Wildman–Crippen LogP) is 3.73. The van der Waals surface area contributed by atoms with Crippen LogP contribution >= 0.6 is 11.3 Å². The van der Waals surface area contributed by atoms with Crippen LogP contribution in [0.25, 0.3) is 11.3 Å². The fourth-order valence-electron chi connectivity index (χ4n) is 4.05. The minimum atomic E-state index is -3.60. The van der Waals surface area contributed by atoms with Crippen molar-refractivity contribution >= 4 is 44.0 Å². The van der Waals surface area contributed by atoms with Gasteiger partial charge in [0.05, 0.1) is 10.6 Å². The van der Waals surface area contributed by atoms with Crippen LogP contribution in [0.3, 0.4) is 0 Å². The van der Waals surface area contributed by atoms with Crippen molar-refractivity contribution in [1.29, 1.82) is 0 Å². The van der Waals surface area contributed by atoms with E-state index in [2.05, 4.69) is 15.6 Å². The van der Waals surface area contributed by atoms with Crippen LogP contribution in [-0.4, -0.2) is 42.6 Å². The molecule has 5 rings (SSSR count). The van der Waals surface area contributed by atoms with E-state index in [-0.39, 0.29) is 16.4 Å². The molecular weight excluding hydrogens is 460 g/mol. The number of rotatable bonds is 5. The molecule has 2 aromatic carbocycles. The first-order valence-electron chi connectivity index (χ1n) is 10.7. The minimum Gasteiger partial charge on any atom is -0.326 e. The Bertz CT molecular complexity index is 1340. The molecule has 0 aliphatic carbocycles. The third-order valence-corrected chi connectivity index (χ3v) is 8.47. The van der Waals surface area contributed by atoms with Crippen LogP contribution in [0.15, 0.2) is 52.7 Å². The Morgan fingerprint density at radius 2 is 1.91 bits per heavy atom. The summed E-state index contributed by atoms with van der Waals surface area (Å²) in [5.74, 6) is -0.395. The topological polar surface area (TPSA) is 108 Å². The van der Waals surface area contributed by atoms with Crippen LogP contribution in [0.2, 0.25) is 0 Å². The third-order valence-electron chi connectivity index (χ3n) is 5.82. The van der Waals surface area contributed by atoms with E-state index < -0.39 is 15.9 Å². The smallest absolute Gasteiger partial charge is 0.257 e. The first-order valence-corrected chi connectivity index (χ1v) is 13.0. The van der Waals surface area contributed by atoms with Gasteiger partial charge in [-0.1, -0.05) is 12.1 Å². The number of aryl methyl sites for hydroxylation is 1. The molecule has 2 N–H and O–H groups in total. The first-order chi connectivity index (χ1) is 15.9. The molecule has 1 aromatic heterocycles. The van der Waals surface area contributed by atoms with E-state index in [1.54, 1.807) is 12.1 Å². The molecule has 8 nitrogen and oxygen atoms in total. The highest BCUT2D eigenvalue weighted by Crippen LogP contribution is 2.31. The second-order valence-corrected chi connectivity index (χ2v) is 10.8. The molecule has 2 amide bonds. The van der Waals surface area contributed by atoms with Crippen LogP contribution in [0, 0.1) is 0 Å². The Balaban J connectivity index is 1.32. The number of hydrogen-bond acceptors (Lipinski definition) is 6. The van der Waals surface area contributed by atoms with Crippen LogP contribution in [-0.2, 0) is 21.2 Å². The van der Waals surface area contributed by atoms with Crippen molar-refractivity contribution < 1.29 is 18.0 Å². The summed E-state index contributed by atoms with van der Waals surface area (Å²) in [6.45, 7) is 1.02.